The van der Waals surface area contributed by atoms with Crippen LogP contribution in [0, 0.1) is 5.92 Å². The van der Waals surface area contributed by atoms with Gasteiger partial charge in [-0.3, -0.25) is 4.79 Å². The molecular weight excluding hydrogens is 232 g/mol. The van der Waals surface area contributed by atoms with Gasteiger partial charge in [0, 0.05) is 13.1 Å². The Kier molecular flexibility index (Phi) is 3.38. The Bertz CT molecular complexity index is 463. The van der Waals surface area contributed by atoms with Crippen molar-refractivity contribution in [3.05, 3.63) is 17.8 Å². The maximum absolute atomic E-state index is 11.4. The van der Waals surface area contributed by atoms with E-state index in [4.69, 9.17) is 11.5 Å². The number of nitrogens with two attached hydrogens (primary N) is 2. The summed E-state index contributed by atoms with van der Waals surface area (Å²) in [5, 5.41) is 9.88. The van der Waals surface area contributed by atoms with Crippen molar-refractivity contribution in [3.8, 4) is 0 Å². The molecule has 98 valence electrons. The number of primary amides is 1. The van der Waals surface area contributed by atoms with E-state index in [1.165, 1.54) is 12.3 Å². The van der Waals surface area contributed by atoms with Gasteiger partial charge in [0.2, 0.25) is 0 Å². The van der Waals surface area contributed by atoms with E-state index in [9.17, 15) is 9.90 Å². The highest BCUT2D eigenvalue weighted by atomic mass is 16.3. The summed E-state index contributed by atoms with van der Waals surface area (Å²) in [6, 6.07) is 1.52. The van der Waals surface area contributed by atoms with Gasteiger partial charge in [-0.2, -0.15) is 0 Å². The number of nitrogens with zero attached hydrogens (tertiary/aromatic N) is 2. The van der Waals surface area contributed by atoms with Crippen LogP contribution in [0.25, 0.3) is 0 Å². The minimum absolute atomic E-state index is 0.257. The maximum atomic E-state index is 11.4. The molecule has 1 aromatic rings. The highest BCUT2D eigenvalue weighted by Crippen LogP contribution is 2.25. The minimum atomic E-state index is -0.557. The van der Waals surface area contributed by atoms with Gasteiger partial charge in [0.1, 0.15) is 5.82 Å². The Balaban J connectivity index is 2.30. The molecule has 1 aliphatic rings. The maximum Gasteiger partial charge on any atom is 0.252 e. The zero-order valence-electron chi connectivity index (χ0n) is 10.3. The minimum Gasteiger partial charge on any atom is -0.397 e. The molecule has 6 heteroatoms. The lowest BCUT2D eigenvalue weighted by atomic mass is 9.96. The second-order valence-corrected chi connectivity index (χ2v) is 4.78. The van der Waals surface area contributed by atoms with Gasteiger partial charge < -0.3 is 21.5 Å². The molecule has 0 saturated carbocycles. The van der Waals surface area contributed by atoms with E-state index < -0.39 is 12.0 Å². The number of aromatic nitrogens is 1. The second-order valence-electron chi connectivity index (χ2n) is 4.78. The number of anilines is 2. The first kappa shape index (κ1) is 12.6. The van der Waals surface area contributed by atoms with Crippen LogP contribution >= 0.6 is 0 Å². The molecule has 1 fully saturated rings. The van der Waals surface area contributed by atoms with Crippen LogP contribution in [0.3, 0.4) is 0 Å². The van der Waals surface area contributed by atoms with E-state index in [1.54, 1.807) is 0 Å². The highest BCUT2D eigenvalue weighted by molar-refractivity contribution is 5.98. The third-order valence-electron chi connectivity index (χ3n) is 3.37. The second kappa shape index (κ2) is 4.81. The van der Waals surface area contributed by atoms with E-state index in [-0.39, 0.29) is 5.92 Å². The SMILES string of the molecule is CC1CCN(c2ncc(N)cc2C(N)=O)CC1O. The summed E-state index contributed by atoms with van der Waals surface area (Å²) < 4.78 is 0. The first-order valence-corrected chi connectivity index (χ1v) is 5.97. The molecule has 18 heavy (non-hydrogen) atoms. The number of hydrogen-bond donors (Lipinski definition) is 3. The van der Waals surface area contributed by atoms with Gasteiger partial charge in [0.25, 0.3) is 5.91 Å². The van der Waals surface area contributed by atoms with Crippen molar-refractivity contribution in [3.63, 3.8) is 0 Å². The molecule has 2 unspecified atom stereocenters. The van der Waals surface area contributed by atoms with Gasteiger partial charge in [0.15, 0.2) is 0 Å². The van der Waals surface area contributed by atoms with E-state index in [0.29, 0.717) is 23.6 Å². The van der Waals surface area contributed by atoms with E-state index in [0.717, 1.165) is 13.0 Å². The van der Waals surface area contributed by atoms with Crippen molar-refractivity contribution < 1.29 is 9.90 Å². The fourth-order valence-electron chi connectivity index (χ4n) is 2.15. The topological polar surface area (TPSA) is 105 Å². The summed E-state index contributed by atoms with van der Waals surface area (Å²) >= 11 is 0. The number of hydrogen-bond acceptors (Lipinski definition) is 5. The Hall–Kier alpha value is -1.82. The number of amides is 1. The number of pyridine rings is 1. The van der Waals surface area contributed by atoms with Gasteiger partial charge in [-0.25, -0.2) is 4.98 Å². The average Bonchev–Trinajstić information content (AvgIpc) is 2.32. The van der Waals surface area contributed by atoms with Crippen LogP contribution < -0.4 is 16.4 Å². The molecule has 0 aromatic carbocycles. The number of piperidine rings is 1. The molecule has 0 spiro atoms. The molecule has 5 N–H and O–H groups in total. The van der Waals surface area contributed by atoms with Gasteiger partial charge in [0.05, 0.1) is 23.6 Å². The van der Waals surface area contributed by atoms with Crippen molar-refractivity contribution >= 4 is 17.4 Å². The van der Waals surface area contributed by atoms with Crippen molar-refractivity contribution in [1.82, 2.24) is 4.98 Å². The Labute approximate surface area is 106 Å². The van der Waals surface area contributed by atoms with Gasteiger partial charge in [-0.05, 0) is 18.4 Å². The summed E-state index contributed by atoms with van der Waals surface area (Å²) in [5.74, 6) is 0.202. The highest BCUT2D eigenvalue weighted by Gasteiger charge is 2.27. The third-order valence-corrected chi connectivity index (χ3v) is 3.37. The van der Waals surface area contributed by atoms with Crippen LogP contribution in [-0.2, 0) is 0 Å². The average molecular weight is 250 g/mol. The zero-order valence-corrected chi connectivity index (χ0v) is 10.3. The Morgan fingerprint density at radius 2 is 2.33 bits per heavy atom. The molecule has 6 nitrogen and oxygen atoms in total. The number of β-amino-alcohol motifs (C(OH)–C–C–N with tert-alkyl or cyclic N) is 1. The standard InChI is InChI=1S/C12H18N4O2/c1-7-2-3-16(6-10(7)17)12-9(11(14)18)4-8(13)5-15-12/h4-5,7,10,17H,2-3,6,13H2,1H3,(H2,14,18). The number of rotatable bonds is 2. The quantitative estimate of drug-likeness (QED) is 0.683. The van der Waals surface area contributed by atoms with Crippen LogP contribution in [-0.4, -0.2) is 35.2 Å². The Morgan fingerprint density at radius 1 is 1.61 bits per heavy atom. The molecule has 0 radical (unpaired) electrons. The molecule has 1 amide bonds. The smallest absolute Gasteiger partial charge is 0.252 e. The van der Waals surface area contributed by atoms with Crippen LogP contribution in [0.4, 0.5) is 11.5 Å². The van der Waals surface area contributed by atoms with Crippen LogP contribution in [0.5, 0.6) is 0 Å². The van der Waals surface area contributed by atoms with Gasteiger partial charge in [-0.15, -0.1) is 0 Å². The summed E-state index contributed by atoms with van der Waals surface area (Å²) in [6.07, 6.45) is 1.93. The fourth-order valence-corrected chi connectivity index (χ4v) is 2.15. The van der Waals surface area contributed by atoms with Gasteiger partial charge >= 0.3 is 0 Å². The summed E-state index contributed by atoms with van der Waals surface area (Å²) in [4.78, 5) is 17.5. The molecule has 0 aliphatic carbocycles. The summed E-state index contributed by atoms with van der Waals surface area (Å²) in [5.41, 5.74) is 11.6. The number of carbonyl (C=O) groups is 1. The molecule has 2 atom stereocenters. The van der Waals surface area contributed by atoms with Crippen molar-refractivity contribution in [2.24, 2.45) is 11.7 Å². The summed E-state index contributed by atoms with van der Waals surface area (Å²) in [6.45, 7) is 3.21. The first-order valence-electron chi connectivity index (χ1n) is 5.97. The van der Waals surface area contributed by atoms with Crippen molar-refractivity contribution in [2.75, 3.05) is 23.7 Å². The zero-order chi connectivity index (χ0) is 13.3. The predicted octanol–water partition coefficient (Wildman–Crippen LogP) is -0.0302. The lowest BCUT2D eigenvalue weighted by Gasteiger charge is -2.35. The molecule has 2 rings (SSSR count). The monoisotopic (exact) mass is 250 g/mol. The lowest BCUT2D eigenvalue weighted by molar-refractivity contribution is 0.0985. The molecular formula is C12H18N4O2. The first-order chi connectivity index (χ1) is 8.49. The largest absolute Gasteiger partial charge is 0.397 e. The van der Waals surface area contributed by atoms with E-state index >= 15 is 0 Å². The molecule has 1 aromatic heterocycles. The van der Waals surface area contributed by atoms with Gasteiger partial charge in [-0.1, -0.05) is 6.92 Å². The normalized spacial score (nSPS) is 24.0. The van der Waals surface area contributed by atoms with E-state index in [2.05, 4.69) is 4.98 Å². The Morgan fingerprint density at radius 3 is 2.94 bits per heavy atom. The number of carbonyl (C=O) groups excluding carboxylic acids is 1. The van der Waals surface area contributed by atoms with Crippen LogP contribution in [0.15, 0.2) is 12.3 Å². The van der Waals surface area contributed by atoms with Crippen LogP contribution in [0.2, 0.25) is 0 Å². The summed E-state index contributed by atoms with van der Waals surface area (Å²) in [7, 11) is 0. The lowest BCUT2D eigenvalue weighted by Crippen LogP contribution is -2.44. The third kappa shape index (κ3) is 2.38. The molecule has 1 saturated heterocycles. The molecule has 1 aliphatic heterocycles. The molecule has 0 bridgehead atoms. The fraction of sp³-hybridized carbons (Fsp3) is 0.500. The van der Waals surface area contributed by atoms with Crippen LogP contribution in [0.1, 0.15) is 23.7 Å². The van der Waals surface area contributed by atoms with E-state index in [1.807, 2.05) is 11.8 Å². The number of aliphatic hydroxyl groups is 1. The number of nitrogen functional groups attached to an aromatic ring is 1. The number of aliphatic hydroxyl groups excluding tert-OH is 1. The molecule has 2 heterocycles. The van der Waals surface area contributed by atoms with Crippen molar-refractivity contribution in [2.45, 2.75) is 19.4 Å². The van der Waals surface area contributed by atoms with Crippen molar-refractivity contribution in [1.29, 1.82) is 0 Å². The predicted molar refractivity (Wildman–Crippen MR) is 69.2 cm³/mol.